The third-order valence-corrected chi connectivity index (χ3v) is 4.07. The molecule has 1 nitrogen and oxygen atoms in total. The molecule has 2 rings (SSSR count). The number of rotatable bonds is 2. The van der Waals surface area contributed by atoms with Crippen molar-refractivity contribution >= 4 is 11.6 Å². The first-order valence-corrected chi connectivity index (χ1v) is 6.74. The SMILES string of the molecule is NC1CCCCCC1Cc1ccc(F)cc1Cl. The average Bonchev–Trinajstić information content (AvgIpc) is 2.48. The van der Waals surface area contributed by atoms with Crippen molar-refractivity contribution < 1.29 is 4.39 Å². The van der Waals surface area contributed by atoms with Gasteiger partial charge in [0.1, 0.15) is 5.82 Å². The Hall–Kier alpha value is -0.600. The first-order chi connectivity index (χ1) is 8.16. The predicted molar refractivity (Wildman–Crippen MR) is 69.7 cm³/mol. The number of hydrogen-bond donors (Lipinski definition) is 1. The third kappa shape index (κ3) is 3.43. The van der Waals surface area contributed by atoms with Crippen molar-refractivity contribution in [1.29, 1.82) is 0 Å². The summed E-state index contributed by atoms with van der Waals surface area (Å²) in [5.41, 5.74) is 7.21. The highest BCUT2D eigenvalue weighted by atomic mass is 35.5. The van der Waals surface area contributed by atoms with Crippen LogP contribution < -0.4 is 5.73 Å². The summed E-state index contributed by atoms with van der Waals surface area (Å²) in [6.45, 7) is 0. The summed E-state index contributed by atoms with van der Waals surface area (Å²) < 4.78 is 13.0. The topological polar surface area (TPSA) is 26.0 Å². The lowest BCUT2D eigenvalue weighted by molar-refractivity contribution is 0.395. The molecule has 0 saturated heterocycles. The quantitative estimate of drug-likeness (QED) is 0.797. The van der Waals surface area contributed by atoms with Gasteiger partial charge in [-0.2, -0.15) is 0 Å². The normalized spacial score (nSPS) is 25.6. The fraction of sp³-hybridized carbons (Fsp3) is 0.571. The van der Waals surface area contributed by atoms with E-state index in [1.807, 2.05) is 0 Å². The largest absolute Gasteiger partial charge is 0.327 e. The maximum absolute atomic E-state index is 13.0. The van der Waals surface area contributed by atoms with Crippen molar-refractivity contribution in [3.05, 3.63) is 34.6 Å². The Morgan fingerprint density at radius 2 is 2.00 bits per heavy atom. The molecule has 1 fully saturated rings. The van der Waals surface area contributed by atoms with E-state index in [1.54, 1.807) is 6.07 Å². The van der Waals surface area contributed by atoms with Crippen LogP contribution >= 0.6 is 11.6 Å². The molecule has 0 amide bonds. The van der Waals surface area contributed by atoms with Crippen molar-refractivity contribution in [1.82, 2.24) is 0 Å². The molecule has 1 aliphatic carbocycles. The van der Waals surface area contributed by atoms with Gasteiger partial charge < -0.3 is 5.73 Å². The Kier molecular flexibility index (Phi) is 4.41. The molecule has 0 aromatic heterocycles. The lowest BCUT2D eigenvalue weighted by Gasteiger charge is -2.21. The lowest BCUT2D eigenvalue weighted by atomic mass is 9.89. The first-order valence-electron chi connectivity index (χ1n) is 6.36. The summed E-state index contributed by atoms with van der Waals surface area (Å²) in [5.74, 6) is 0.212. The number of hydrogen-bond acceptors (Lipinski definition) is 1. The smallest absolute Gasteiger partial charge is 0.124 e. The first kappa shape index (κ1) is 12.8. The summed E-state index contributed by atoms with van der Waals surface area (Å²) in [7, 11) is 0. The van der Waals surface area contributed by atoms with Crippen LogP contribution in [0.2, 0.25) is 5.02 Å². The molecule has 1 aromatic carbocycles. The van der Waals surface area contributed by atoms with Crippen LogP contribution in [0.1, 0.15) is 37.7 Å². The van der Waals surface area contributed by atoms with Gasteiger partial charge in [-0.15, -0.1) is 0 Å². The van der Waals surface area contributed by atoms with E-state index in [0.29, 0.717) is 10.9 Å². The molecule has 3 heteroatoms. The summed E-state index contributed by atoms with van der Waals surface area (Å²) in [6, 6.07) is 4.91. The molecule has 2 unspecified atom stereocenters. The van der Waals surface area contributed by atoms with Crippen LogP contribution in [0, 0.1) is 11.7 Å². The molecule has 0 spiro atoms. The number of benzene rings is 1. The molecule has 0 aliphatic heterocycles. The zero-order valence-corrected chi connectivity index (χ0v) is 10.7. The van der Waals surface area contributed by atoms with Gasteiger partial charge in [-0.1, -0.05) is 36.9 Å². The van der Waals surface area contributed by atoms with Crippen LogP contribution in [-0.2, 0) is 6.42 Å². The van der Waals surface area contributed by atoms with E-state index < -0.39 is 0 Å². The highest BCUT2D eigenvalue weighted by molar-refractivity contribution is 6.31. The van der Waals surface area contributed by atoms with Crippen LogP contribution in [0.4, 0.5) is 4.39 Å². The van der Waals surface area contributed by atoms with Gasteiger partial charge in [-0.3, -0.25) is 0 Å². The zero-order chi connectivity index (χ0) is 12.3. The van der Waals surface area contributed by atoms with Gasteiger partial charge in [0.2, 0.25) is 0 Å². The highest BCUT2D eigenvalue weighted by Gasteiger charge is 2.21. The van der Waals surface area contributed by atoms with Gasteiger partial charge in [0.25, 0.3) is 0 Å². The van der Waals surface area contributed by atoms with Crippen LogP contribution in [-0.4, -0.2) is 6.04 Å². The Morgan fingerprint density at radius 3 is 2.76 bits per heavy atom. The Morgan fingerprint density at radius 1 is 1.24 bits per heavy atom. The van der Waals surface area contributed by atoms with E-state index in [0.717, 1.165) is 24.8 Å². The molecular weight excluding hydrogens is 237 g/mol. The second kappa shape index (κ2) is 5.83. The highest BCUT2D eigenvalue weighted by Crippen LogP contribution is 2.28. The minimum atomic E-state index is -0.274. The van der Waals surface area contributed by atoms with E-state index in [2.05, 4.69) is 0 Å². The average molecular weight is 256 g/mol. The van der Waals surface area contributed by atoms with Gasteiger partial charge in [0, 0.05) is 11.1 Å². The second-order valence-corrected chi connectivity index (χ2v) is 5.41. The van der Waals surface area contributed by atoms with Crippen LogP contribution in [0.15, 0.2) is 18.2 Å². The minimum Gasteiger partial charge on any atom is -0.327 e. The maximum Gasteiger partial charge on any atom is 0.124 e. The van der Waals surface area contributed by atoms with Crippen molar-refractivity contribution in [3.8, 4) is 0 Å². The number of nitrogens with two attached hydrogens (primary N) is 1. The fourth-order valence-electron chi connectivity index (χ4n) is 2.64. The lowest BCUT2D eigenvalue weighted by Crippen LogP contribution is -2.30. The van der Waals surface area contributed by atoms with Crippen molar-refractivity contribution in [2.45, 2.75) is 44.6 Å². The Bertz CT molecular complexity index is 380. The van der Waals surface area contributed by atoms with Crippen molar-refractivity contribution in [2.75, 3.05) is 0 Å². The van der Waals surface area contributed by atoms with Crippen LogP contribution in [0.5, 0.6) is 0 Å². The van der Waals surface area contributed by atoms with Crippen LogP contribution in [0.25, 0.3) is 0 Å². The molecule has 2 atom stereocenters. The molecule has 94 valence electrons. The van der Waals surface area contributed by atoms with Crippen molar-refractivity contribution in [2.24, 2.45) is 11.7 Å². The van der Waals surface area contributed by atoms with Gasteiger partial charge in [-0.25, -0.2) is 4.39 Å². The fourth-order valence-corrected chi connectivity index (χ4v) is 2.88. The Labute approximate surface area is 107 Å². The van der Waals surface area contributed by atoms with E-state index in [9.17, 15) is 4.39 Å². The van der Waals surface area contributed by atoms with Gasteiger partial charge in [-0.05, 0) is 42.9 Å². The molecule has 0 bridgehead atoms. The third-order valence-electron chi connectivity index (χ3n) is 3.72. The molecule has 2 N–H and O–H groups in total. The van der Waals surface area contributed by atoms with E-state index >= 15 is 0 Å². The molecule has 0 heterocycles. The molecule has 1 saturated carbocycles. The maximum atomic E-state index is 13.0. The summed E-state index contributed by atoms with van der Waals surface area (Å²) in [4.78, 5) is 0. The molecule has 1 aliphatic rings. The van der Waals surface area contributed by atoms with Crippen molar-refractivity contribution in [3.63, 3.8) is 0 Å². The zero-order valence-electron chi connectivity index (χ0n) is 9.96. The molecular formula is C14H19ClFN. The van der Waals surface area contributed by atoms with E-state index in [1.165, 1.54) is 31.4 Å². The molecule has 1 aromatic rings. The Balaban J connectivity index is 2.08. The summed E-state index contributed by atoms with van der Waals surface area (Å²) in [6.07, 6.45) is 6.89. The monoisotopic (exact) mass is 255 g/mol. The standard InChI is InChI=1S/C14H19ClFN/c15-13-9-12(16)7-6-10(13)8-11-4-2-1-3-5-14(11)17/h6-7,9,11,14H,1-5,8,17H2. The van der Waals surface area contributed by atoms with Gasteiger partial charge in [0.05, 0.1) is 0 Å². The van der Waals surface area contributed by atoms with E-state index in [4.69, 9.17) is 17.3 Å². The summed E-state index contributed by atoms with van der Waals surface area (Å²) in [5, 5.41) is 0.529. The van der Waals surface area contributed by atoms with Gasteiger partial charge in [0.15, 0.2) is 0 Å². The predicted octanol–water partition coefficient (Wildman–Crippen LogP) is 3.93. The van der Waals surface area contributed by atoms with Gasteiger partial charge >= 0.3 is 0 Å². The van der Waals surface area contributed by atoms with Crippen LogP contribution in [0.3, 0.4) is 0 Å². The summed E-state index contributed by atoms with van der Waals surface area (Å²) >= 11 is 6.06. The molecule has 17 heavy (non-hydrogen) atoms. The molecule has 0 radical (unpaired) electrons. The minimum absolute atomic E-state index is 0.263. The second-order valence-electron chi connectivity index (χ2n) is 5.00. The number of halogens is 2. The van der Waals surface area contributed by atoms with E-state index in [-0.39, 0.29) is 11.9 Å².